The summed E-state index contributed by atoms with van der Waals surface area (Å²) >= 11 is 0. The summed E-state index contributed by atoms with van der Waals surface area (Å²) in [6.45, 7) is 9.03. The first-order chi connectivity index (χ1) is 11.6. The average molecular weight is 412 g/mol. The third kappa shape index (κ3) is 12.8. The van der Waals surface area contributed by atoms with Gasteiger partial charge in [-0.3, -0.25) is 0 Å². The standard InChI is InChI=1S/C21H34NO2.BrH/c1-19(2)21(23)24-18-12-10-8-6-4-5-7-9-11-15-22-16-13-20(3)14-17-22;/h13-14,16-17H,1,4-12,15,18H2,2-3H3;1H/q+1;/p-1. The summed E-state index contributed by atoms with van der Waals surface area (Å²) in [6, 6.07) is 4.33. The summed E-state index contributed by atoms with van der Waals surface area (Å²) < 4.78 is 7.35. The third-order valence-corrected chi connectivity index (χ3v) is 4.20. The molecule has 0 atom stereocenters. The van der Waals surface area contributed by atoms with Crippen molar-refractivity contribution in [1.29, 1.82) is 0 Å². The summed E-state index contributed by atoms with van der Waals surface area (Å²) in [7, 11) is 0. The summed E-state index contributed by atoms with van der Waals surface area (Å²) in [5.41, 5.74) is 1.80. The first-order valence-electron chi connectivity index (χ1n) is 9.38. The fourth-order valence-corrected chi connectivity index (χ4v) is 2.60. The Hall–Kier alpha value is -1.16. The van der Waals surface area contributed by atoms with E-state index in [2.05, 4.69) is 42.6 Å². The zero-order valence-corrected chi connectivity index (χ0v) is 17.5. The van der Waals surface area contributed by atoms with Crippen molar-refractivity contribution < 1.29 is 31.1 Å². The van der Waals surface area contributed by atoms with Crippen LogP contribution in [0.2, 0.25) is 0 Å². The summed E-state index contributed by atoms with van der Waals surface area (Å²) in [6.07, 6.45) is 15.6. The lowest BCUT2D eigenvalue weighted by atomic mass is 10.1. The second-order valence-electron chi connectivity index (χ2n) is 6.71. The van der Waals surface area contributed by atoms with E-state index in [0.29, 0.717) is 12.2 Å². The average Bonchev–Trinajstić information content (AvgIpc) is 2.57. The number of rotatable bonds is 13. The van der Waals surface area contributed by atoms with Crippen LogP contribution in [-0.2, 0) is 16.1 Å². The van der Waals surface area contributed by atoms with Crippen LogP contribution in [0.1, 0.15) is 70.3 Å². The zero-order chi connectivity index (χ0) is 17.6. The molecule has 0 saturated carbocycles. The van der Waals surface area contributed by atoms with E-state index in [0.717, 1.165) is 19.4 Å². The van der Waals surface area contributed by atoms with Gasteiger partial charge in [0.25, 0.3) is 0 Å². The van der Waals surface area contributed by atoms with Crippen molar-refractivity contribution in [3.05, 3.63) is 42.2 Å². The van der Waals surface area contributed by atoms with Gasteiger partial charge in [-0.05, 0) is 32.3 Å². The number of hydrogen-bond donors (Lipinski definition) is 0. The molecule has 0 saturated heterocycles. The van der Waals surface area contributed by atoms with Crippen molar-refractivity contribution >= 4 is 5.97 Å². The number of carbonyl (C=O) groups is 1. The molecule has 0 unspecified atom stereocenters. The number of carbonyl (C=O) groups excluding carboxylic acids is 1. The topological polar surface area (TPSA) is 30.2 Å². The maximum absolute atomic E-state index is 11.2. The highest BCUT2D eigenvalue weighted by molar-refractivity contribution is 5.86. The van der Waals surface area contributed by atoms with Crippen molar-refractivity contribution in [3.8, 4) is 0 Å². The van der Waals surface area contributed by atoms with E-state index < -0.39 is 0 Å². The maximum atomic E-state index is 11.2. The zero-order valence-electron chi connectivity index (χ0n) is 15.9. The van der Waals surface area contributed by atoms with Gasteiger partial charge in [0.15, 0.2) is 12.4 Å². The number of halogens is 1. The molecule has 0 aromatic carbocycles. The van der Waals surface area contributed by atoms with E-state index in [1.165, 1.54) is 50.5 Å². The molecule has 0 aliphatic carbocycles. The molecule has 0 N–H and O–H groups in total. The minimum atomic E-state index is -0.265. The number of unbranched alkanes of at least 4 members (excludes halogenated alkanes) is 8. The van der Waals surface area contributed by atoms with Gasteiger partial charge in [0.1, 0.15) is 6.54 Å². The maximum Gasteiger partial charge on any atom is 0.333 e. The SMILES string of the molecule is C=C(C)C(=O)OCCCCCCCCCCC[n+]1ccc(C)cc1.[Br-]. The molecule has 1 heterocycles. The number of aryl methyl sites for hydroxylation is 2. The first-order valence-corrected chi connectivity index (χ1v) is 9.38. The smallest absolute Gasteiger partial charge is 0.333 e. The number of ether oxygens (including phenoxy) is 1. The molecule has 0 aliphatic heterocycles. The summed E-state index contributed by atoms with van der Waals surface area (Å²) in [5, 5.41) is 0. The van der Waals surface area contributed by atoms with Crippen molar-refractivity contribution in [2.75, 3.05) is 6.61 Å². The Morgan fingerprint density at radius 3 is 1.96 bits per heavy atom. The predicted molar refractivity (Wildman–Crippen MR) is 98.7 cm³/mol. The predicted octanol–water partition coefficient (Wildman–Crippen LogP) is 1.92. The molecule has 0 fully saturated rings. The molecule has 1 aromatic rings. The minimum absolute atomic E-state index is 0. The quantitative estimate of drug-likeness (QED) is 0.215. The number of aromatic nitrogens is 1. The molecular weight excluding hydrogens is 378 g/mol. The molecular formula is C21H34BrNO2. The Labute approximate surface area is 164 Å². The Bertz CT molecular complexity index is 485. The molecule has 0 spiro atoms. The summed E-state index contributed by atoms with van der Waals surface area (Å²) in [5.74, 6) is -0.265. The van der Waals surface area contributed by atoms with Gasteiger partial charge in [-0.15, -0.1) is 0 Å². The highest BCUT2D eigenvalue weighted by Gasteiger charge is 2.02. The fraction of sp³-hybridized carbons (Fsp3) is 0.619. The first kappa shape index (κ1) is 23.8. The van der Waals surface area contributed by atoms with Crippen LogP contribution < -0.4 is 21.5 Å². The Balaban J connectivity index is 0.00000576. The van der Waals surface area contributed by atoms with Gasteiger partial charge in [-0.2, -0.15) is 0 Å². The Morgan fingerprint density at radius 1 is 0.960 bits per heavy atom. The van der Waals surface area contributed by atoms with Crippen LogP contribution in [0, 0.1) is 6.92 Å². The van der Waals surface area contributed by atoms with Crippen LogP contribution in [0.25, 0.3) is 0 Å². The van der Waals surface area contributed by atoms with E-state index in [1.54, 1.807) is 6.92 Å². The monoisotopic (exact) mass is 411 g/mol. The molecule has 3 nitrogen and oxygen atoms in total. The lowest BCUT2D eigenvalue weighted by molar-refractivity contribution is -0.697. The second kappa shape index (κ2) is 15.1. The molecule has 4 heteroatoms. The molecule has 25 heavy (non-hydrogen) atoms. The summed E-state index contributed by atoms with van der Waals surface area (Å²) in [4.78, 5) is 11.2. The lowest BCUT2D eigenvalue weighted by Gasteiger charge is -2.04. The van der Waals surface area contributed by atoms with Crippen LogP contribution in [0.3, 0.4) is 0 Å². The van der Waals surface area contributed by atoms with Crippen LogP contribution >= 0.6 is 0 Å². The van der Waals surface area contributed by atoms with Crippen LogP contribution in [-0.4, -0.2) is 12.6 Å². The van der Waals surface area contributed by atoms with Gasteiger partial charge in [-0.1, -0.05) is 45.1 Å². The van der Waals surface area contributed by atoms with E-state index in [1.807, 2.05) is 0 Å². The van der Waals surface area contributed by atoms with Crippen molar-refractivity contribution in [1.82, 2.24) is 0 Å². The van der Waals surface area contributed by atoms with Gasteiger partial charge < -0.3 is 21.7 Å². The fourth-order valence-electron chi connectivity index (χ4n) is 2.60. The van der Waals surface area contributed by atoms with E-state index in [-0.39, 0.29) is 23.0 Å². The molecule has 1 aromatic heterocycles. The molecule has 0 aliphatic rings. The molecule has 0 bridgehead atoms. The number of nitrogens with zero attached hydrogens (tertiary/aromatic N) is 1. The van der Waals surface area contributed by atoms with Gasteiger partial charge in [-0.25, -0.2) is 9.36 Å². The highest BCUT2D eigenvalue weighted by Crippen LogP contribution is 2.10. The molecule has 142 valence electrons. The minimum Gasteiger partial charge on any atom is -1.00 e. The van der Waals surface area contributed by atoms with Gasteiger partial charge in [0.05, 0.1) is 6.61 Å². The molecule has 0 radical (unpaired) electrons. The normalized spacial score (nSPS) is 10.2. The highest BCUT2D eigenvalue weighted by atomic mass is 79.9. The van der Waals surface area contributed by atoms with Crippen LogP contribution in [0.15, 0.2) is 36.7 Å². The number of pyridine rings is 1. The number of hydrogen-bond acceptors (Lipinski definition) is 2. The third-order valence-electron chi connectivity index (χ3n) is 4.20. The largest absolute Gasteiger partial charge is 1.00 e. The Morgan fingerprint density at radius 2 is 1.44 bits per heavy atom. The van der Waals surface area contributed by atoms with Crippen molar-refractivity contribution in [2.45, 2.75) is 78.2 Å². The molecule has 0 amide bonds. The van der Waals surface area contributed by atoms with Gasteiger partial charge in [0, 0.05) is 24.1 Å². The Kier molecular flexibility index (Phi) is 14.4. The number of esters is 1. The molecule has 1 rings (SSSR count). The lowest BCUT2D eigenvalue weighted by Crippen LogP contribution is -3.00. The van der Waals surface area contributed by atoms with Crippen LogP contribution in [0.4, 0.5) is 0 Å². The van der Waals surface area contributed by atoms with Crippen molar-refractivity contribution in [2.24, 2.45) is 0 Å². The van der Waals surface area contributed by atoms with Crippen LogP contribution in [0.5, 0.6) is 0 Å². The van der Waals surface area contributed by atoms with E-state index in [4.69, 9.17) is 4.74 Å². The van der Waals surface area contributed by atoms with Crippen molar-refractivity contribution in [3.63, 3.8) is 0 Å². The van der Waals surface area contributed by atoms with E-state index >= 15 is 0 Å². The van der Waals surface area contributed by atoms with Gasteiger partial charge in [0.2, 0.25) is 0 Å². The van der Waals surface area contributed by atoms with E-state index in [9.17, 15) is 4.79 Å². The van der Waals surface area contributed by atoms with Gasteiger partial charge >= 0.3 is 5.97 Å². The second-order valence-corrected chi connectivity index (χ2v) is 6.71.